The molecular formula is C21H42O3. The lowest BCUT2D eigenvalue weighted by Crippen LogP contribution is -2.06. The first-order valence-corrected chi connectivity index (χ1v) is 10.6. The number of unbranched alkanes of at least 4 members (excludes halogenated alkanes) is 13. The number of carbonyl (C=O) groups is 1. The quantitative estimate of drug-likeness (QED) is 0.264. The number of hydrogen-bond acceptors (Lipinski definition) is 2. The molecule has 3 heteroatoms. The van der Waals surface area contributed by atoms with Gasteiger partial charge >= 0.3 is 5.97 Å². The Balaban J connectivity index is 3.15. The van der Waals surface area contributed by atoms with Gasteiger partial charge in [-0.05, 0) is 19.3 Å². The Morgan fingerprint density at radius 2 is 1.04 bits per heavy atom. The van der Waals surface area contributed by atoms with Crippen molar-refractivity contribution in [2.45, 2.75) is 129 Å². The summed E-state index contributed by atoms with van der Waals surface area (Å²) >= 11 is 0. The number of aliphatic hydroxyl groups excluding tert-OH is 1. The highest BCUT2D eigenvalue weighted by atomic mass is 16.4. The first-order chi connectivity index (χ1) is 11.7. The molecule has 24 heavy (non-hydrogen) atoms. The van der Waals surface area contributed by atoms with Crippen molar-refractivity contribution in [3.05, 3.63) is 0 Å². The van der Waals surface area contributed by atoms with E-state index < -0.39 is 5.97 Å². The Morgan fingerprint density at radius 1 is 0.667 bits per heavy atom. The molecule has 0 heterocycles. The summed E-state index contributed by atoms with van der Waals surface area (Å²) in [7, 11) is 0. The van der Waals surface area contributed by atoms with Crippen LogP contribution in [0.4, 0.5) is 0 Å². The second-order valence-corrected chi connectivity index (χ2v) is 7.32. The minimum absolute atomic E-state index is 0.150. The van der Waals surface area contributed by atoms with Crippen molar-refractivity contribution in [1.82, 2.24) is 0 Å². The Kier molecular flexibility index (Phi) is 18.3. The van der Waals surface area contributed by atoms with Gasteiger partial charge in [-0.15, -0.1) is 0 Å². The third-order valence-corrected chi connectivity index (χ3v) is 4.82. The third kappa shape index (κ3) is 19.5. The molecule has 0 radical (unpaired) electrons. The van der Waals surface area contributed by atoms with Crippen LogP contribution in [0.5, 0.6) is 0 Å². The van der Waals surface area contributed by atoms with Gasteiger partial charge in [0, 0.05) is 6.42 Å². The number of rotatable bonds is 19. The summed E-state index contributed by atoms with van der Waals surface area (Å²) in [4.78, 5) is 10.4. The SMILES string of the molecule is CCCCCCCCCCCCCC(O)CCCCCCC(=O)O. The summed E-state index contributed by atoms with van der Waals surface area (Å²) in [6.07, 6.45) is 20.6. The van der Waals surface area contributed by atoms with E-state index in [1.165, 1.54) is 64.2 Å². The van der Waals surface area contributed by atoms with E-state index in [1.54, 1.807) is 0 Å². The fourth-order valence-electron chi connectivity index (χ4n) is 3.20. The summed E-state index contributed by atoms with van der Waals surface area (Å²) in [5.74, 6) is -0.702. The normalized spacial score (nSPS) is 12.4. The van der Waals surface area contributed by atoms with Crippen LogP contribution in [0.1, 0.15) is 122 Å². The van der Waals surface area contributed by atoms with Crippen molar-refractivity contribution in [2.75, 3.05) is 0 Å². The molecule has 0 aliphatic carbocycles. The standard InChI is InChI=1S/C21H42O3/c1-2-3-4-5-6-7-8-9-10-11-14-17-20(22)18-15-12-13-16-19-21(23)24/h20,22H,2-19H2,1H3,(H,23,24). The van der Waals surface area contributed by atoms with E-state index in [2.05, 4.69) is 6.92 Å². The van der Waals surface area contributed by atoms with Crippen molar-refractivity contribution in [3.8, 4) is 0 Å². The van der Waals surface area contributed by atoms with Crippen LogP contribution < -0.4 is 0 Å². The summed E-state index contributed by atoms with van der Waals surface area (Å²) < 4.78 is 0. The molecule has 0 saturated heterocycles. The number of aliphatic carboxylic acids is 1. The Bertz CT molecular complexity index is 266. The molecular weight excluding hydrogens is 300 g/mol. The van der Waals surface area contributed by atoms with E-state index >= 15 is 0 Å². The lowest BCUT2D eigenvalue weighted by Gasteiger charge is -2.10. The van der Waals surface area contributed by atoms with Crippen LogP contribution in [0.25, 0.3) is 0 Å². The zero-order chi connectivity index (χ0) is 17.9. The van der Waals surface area contributed by atoms with Crippen molar-refractivity contribution < 1.29 is 15.0 Å². The molecule has 0 bridgehead atoms. The second kappa shape index (κ2) is 18.8. The number of carboxylic acids is 1. The van der Waals surface area contributed by atoms with E-state index in [-0.39, 0.29) is 12.5 Å². The molecule has 0 aromatic rings. The zero-order valence-corrected chi connectivity index (χ0v) is 16.1. The van der Waals surface area contributed by atoms with Gasteiger partial charge in [0.1, 0.15) is 0 Å². The molecule has 144 valence electrons. The molecule has 0 aliphatic heterocycles. The summed E-state index contributed by atoms with van der Waals surface area (Å²) in [6, 6.07) is 0. The fraction of sp³-hybridized carbons (Fsp3) is 0.952. The van der Waals surface area contributed by atoms with Crippen LogP contribution in [0.3, 0.4) is 0 Å². The molecule has 0 fully saturated rings. The summed E-state index contributed by atoms with van der Waals surface area (Å²) in [5.41, 5.74) is 0. The van der Waals surface area contributed by atoms with Gasteiger partial charge in [-0.1, -0.05) is 96.8 Å². The van der Waals surface area contributed by atoms with Crippen LogP contribution >= 0.6 is 0 Å². The maximum Gasteiger partial charge on any atom is 0.303 e. The molecule has 0 rings (SSSR count). The number of carboxylic acid groups (broad SMARTS) is 1. The highest BCUT2D eigenvalue weighted by Gasteiger charge is 2.04. The Morgan fingerprint density at radius 3 is 1.46 bits per heavy atom. The van der Waals surface area contributed by atoms with Crippen LogP contribution in [0.2, 0.25) is 0 Å². The topological polar surface area (TPSA) is 57.5 Å². The van der Waals surface area contributed by atoms with Crippen molar-refractivity contribution >= 4 is 5.97 Å². The number of aliphatic hydroxyl groups is 1. The average Bonchev–Trinajstić information content (AvgIpc) is 2.55. The predicted molar refractivity (Wildman–Crippen MR) is 102 cm³/mol. The molecule has 0 amide bonds. The van der Waals surface area contributed by atoms with Gasteiger partial charge in [0.05, 0.1) is 6.10 Å². The third-order valence-electron chi connectivity index (χ3n) is 4.82. The van der Waals surface area contributed by atoms with Gasteiger partial charge in [-0.2, -0.15) is 0 Å². The predicted octanol–water partition coefficient (Wildman–Crippen LogP) is 6.47. The first-order valence-electron chi connectivity index (χ1n) is 10.6. The smallest absolute Gasteiger partial charge is 0.303 e. The molecule has 2 N–H and O–H groups in total. The van der Waals surface area contributed by atoms with Gasteiger partial charge in [0.25, 0.3) is 0 Å². The van der Waals surface area contributed by atoms with E-state index in [9.17, 15) is 9.90 Å². The van der Waals surface area contributed by atoms with Crippen molar-refractivity contribution in [3.63, 3.8) is 0 Å². The minimum atomic E-state index is -0.702. The Labute approximate surface area is 150 Å². The molecule has 0 aliphatic rings. The average molecular weight is 343 g/mol. The van der Waals surface area contributed by atoms with Gasteiger partial charge in [0.2, 0.25) is 0 Å². The van der Waals surface area contributed by atoms with Gasteiger partial charge in [-0.3, -0.25) is 4.79 Å². The van der Waals surface area contributed by atoms with Crippen LogP contribution in [0.15, 0.2) is 0 Å². The lowest BCUT2D eigenvalue weighted by molar-refractivity contribution is -0.137. The second-order valence-electron chi connectivity index (χ2n) is 7.32. The van der Waals surface area contributed by atoms with Gasteiger partial charge in [-0.25, -0.2) is 0 Å². The molecule has 0 saturated carbocycles. The largest absolute Gasteiger partial charge is 0.481 e. The van der Waals surface area contributed by atoms with Gasteiger partial charge < -0.3 is 10.2 Å². The van der Waals surface area contributed by atoms with Gasteiger partial charge in [0.15, 0.2) is 0 Å². The number of hydrogen-bond donors (Lipinski definition) is 2. The van der Waals surface area contributed by atoms with E-state index in [1.807, 2.05) is 0 Å². The maximum absolute atomic E-state index is 10.4. The van der Waals surface area contributed by atoms with E-state index in [4.69, 9.17) is 5.11 Å². The minimum Gasteiger partial charge on any atom is -0.481 e. The molecule has 0 spiro atoms. The maximum atomic E-state index is 10.4. The van der Waals surface area contributed by atoms with Crippen LogP contribution in [-0.2, 0) is 4.79 Å². The van der Waals surface area contributed by atoms with E-state index in [0.29, 0.717) is 0 Å². The van der Waals surface area contributed by atoms with Crippen molar-refractivity contribution in [1.29, 1.82) is 0 Å². The molecule has 0 aromatic heterocycles. The highest BCUT2D eigenvalue weighted by Crippen LogP contribution is 2.15. The Hall–Kier alpha value is -0.570. The summed E-state index contributed by atoms with van der Waals surface area (Å²) in [6.45, 7) is 2.26. The molecule has 0 aromatic carbocycles. The lowest BCUT2D eigenvalue weighted by atomic mass is 10.0. The first kappa shape index (κ1) is 23.4. The summed E-state index contributed by atoms with van der Waals surface area (Å²) in [5, 5.41) is 18.5. The van der Waals surface area contributed by atoms with Crippen LogP contribution in [0, 0.1) is 0 Å². The highest BCUT2D eigenvalue weighted by molar-refractivity contribution is 5.66. The van der Waals surface area contributed by atoms with E-state index in [0.717, 1.165) is 44.9 Å². The van der Waals surface area contributed by atoms with Crippen LogP contribution in [-0.4, -0.2) is 22.3 Å². The van der Waals surface area contributed by atoms with Crippen molar-refractivity contribution in [2.24, 2.45) is 0 Å². The molecule has 1 unspecified atom stereocenters. The zero-order valence-electron chi connectivity index (χ0n) is 16.1. The fourth-order valence-corrected chi connectivity index (χ4v) is 3.20. The monoisotopic (exact) mass is 342 g/mol. The molecule has 3 nitrogen and oxygen atoms in total. The molecule has 1 atom stereocenters.